The summed E-state index contributed by atoms with van der Waals surface area (Å²) < 4.78 is 66.0. The molecule has 0 radical (unpaired) electrons. The average molecular weight is 513 g/mol. The summed E-state index contributed by atoms with van der Waals surface area (Å²) in [7, 11) is -4.08. The lowest BCUT2D eigenvalue weighted by Gasteiger charge is -2.24. The molecule has 0 aromatic heterocycles. The zero-order chi connectivity index (χ0) is 22.6. The van der Waals surface area contributed by atoms with Gasteiger partial charge < -0.3 is 5.32 Å². The van der Waals surface area contributed by atoms with E-state index in [1.54, 1.807) is 36.4 Å². The summed E-state index contributed by atoms with van der Waals surface area (Å²) in [6.07, 6.45) is -4.50. The van der Waals surface area contributed by atoms with Crippen LogP contribution in [-0.2, 0) is 21.0 Å². The fraction of sp³-hybridized carbons (Fsp3) is 0.0952. The van der Waals surface area contributed by atoms with Crippen LogP contribution in [0.3, 0.4) is 0 Å². The van der Waals surface area contributed by atoms with Crippen LogP contribution in [0.25, 0.3) is 0 Å². The van der Waals surface area contributed by atoms with E-state index in [1.165, 1.54) is 18.2 Å². The van der Waals surface area contributed by atoms with Crippen molar-refractivity contribution in [2.75, 3.05) is 16.2 Å². The Morgan fingerprint density at radius 1 is 0.935 bits per heavy atom. The molecular weight excluding hydrogens is 497 g/mol. The molecular formula is C21H16BrF3N2O3S. The van der Waals surface area contributed by atoms with Crippen LogP contribution in [0, 0.1) is 0 Å². The molecule has 10 heteroatoms. The molecule has 0 bridgehead atoms. The SMILES string of the molecule is O=C(CN(c1cccc(Br)c1)S(=O)(=O)c1ccccc1)Nc1ccc(C(F)(F)F)cc1. The summed E-state index contributed by atoms with van der Waals surface area (Å²) in [4.78, 5) is 12.6. The quantitative estimate of drug-likeness (QED) is 0.487. The minimum Gasteiger partial charge on any atom is -0.325 e. The molecule has 5 nitrogen and oxygen atoms in total. The molecule has 0 spiro atoms. The maximum absolute atomic E-state index is 13.2. The first-order valence-electron chi connectivity index (χ1n) is 8.88. The number of carbonyl (C=O) groups excluding carboxylic acids is 1. The van der Waals surface area contributed by atoms with Crippen LogP contribution in [0.5, 0.6) is 0 Å². The molecule has 0 heterocycles. The number of carbonyl (C=O) groups is 1. The van der Waals surface area contributed by atoms with E-state index in [9.17, 15) is 26.4 Å². The maximum atomic E-state index is 13.2. The average Bonchev–Trinajstić information content (AvgIpc) is 2.72. The van der Waals surface area contributed by atoms with Crippen molar-refractivity contribution in [2.24, 2.45) is 0 Å². The molecule has 0 fully saturated rings. The minimum atomic E-state index is -4.50. The number of halogens is 4. The van der Waals surface area contributed by atoms with Gasteiger partial charge in [0.15, 0.2) is 0 Å². The number of hydrogen-bond donors (Lipinski definition) is 1. The van der Waals surface area contributed by atoms with Gasteiger partial charge in [0.2, 0.25) is 5.91 Å². The van der Waals surface area contributed by atoms with Crippen molar-refractivity contribution in [2.45, 2.75) is 11.1 Å². The first-order chi connectivity index (χ1) is 14.6. The molecule has 0 saturated heterocycles. The Labute approximate surface area is 185 Å². The van der Waals surface area contributed by atoms with Gasteiger partial charge in [-0.2, -0.15) is 13.2 Å². The van der Waals surface area contributed by atoms with Crippen molar-refractivity contribution in [1.29, 1.82) is 0 Å². The normalized spacial score (nSPS) is 11.7. The molecule has 162 valence electrons. The zero-order valence-electron chi connectivity index (χ0n) is 15.8. The van der Waals surface area contributed by atoms with Gasteiger partial charge in [0.1, 0.15) is 6.54 Å². The predicted octanol–water partition coefficient (Wildman–Crippen LogP) is 5.30. The largest absolute Gasteiger partial charge is 0.416 e. The minimum absolute atomic E-state index is 0.00249. The van der Waals surface area contributed by atoms with Gasteiger partial charge in [-0.05, 0) is 54.6 Å². The lowest BCUT2D eigenvalue weighted by atomic mass is 10.2. The van der Waals surface area contributed by atoms with Crippen LogP contribution < -0.4 is 9.62 Å². The van der Waals surface area contributed by atoms with Crippen molar-refractivity contribution in [1.82, 2.24) is 0 Å². The van der Waals surface area contributed by atoms with Crippen molar-refractivity contribution in [3.63, 3.8) is 0 Å². The number of sulfonamides is 1. The van der Waals surface area contributed by atoms with Gasteiger partial charge in [-0.1, -0.05) is 40.2 Å². The third kappa shape index (κ3) is 5.65. The standard InChI is InChI=1S/C21H16BrF3N2O3S/c22-16-5-4-6-18(13-16)27(31(29,30)19-7-2-1-3-8-19)14-20(28)26-17-11-9-15(10-12-17)21(23,24)25/h1-13H,14H2,(H,26,28). The first kappa shape index (κ1) is 22.8. The maximum Gasteiger partial charge on any atom is 0.416 e. The summed E-state index contributed by atoms with van der Waals surface area (Å²) in [5.41, 5.74) is -0.488. The van der Waals surface area contributed by atoms with E-state index in [-0.39, 0.29) is 16.3 Å². The van der Waals surface area contributed by atoms with Crippen molar-refractivity contribution < 1.29 is 26.4 Å². The molecule has 31 heavy (non-hydrogen) atoms. The van der Waals surface area contributed by atoms with E-state index in [1.807, 2.05) is 0 Å². The Hall–Kier alpha value is -2.85. The molecule has 1 N–H and O–H groups in total. The highest BCUT2D eigenvalue weighted by atomic mass is 79.9. The van der Waals surface area contributed by atoms with Crippen molar-refractivity contribution >= 4 is 43.2 Å². The fourth-order valence-corrected chi connectivity index (χ4v) is 4.56. The van der Waals surface area contributed by atoms with Crippen LogP contribution in [0.1, 0.15) is 5.56 Å². The van der Waals surface area contributed by atoms with Gasteiger partial charge in [0.05, 0.1) is 16.1 Å². The van der Waals surface area contributed by atoms with E-state index in [0.717, 1.165) is 28.6 Å². The third-order valence-electron chi connectivity index (χ3n) is 4.21. The van der Waals surface area contributed by atoms with Gasteiger partial charge in [-0.25, -0.2) is 8.42 Å². The Balaban J connectivity index is 1.87. The number of rotatable bonds is 6. The fourth-order valence-electron chi connectivity index (χ4n) is 2.74. The number of nitrogens with zero attached hydrogens (tertiary/aromatic N) is 1. The van der Waals surface area contributed by atoms with Gasteiger partial charge in [-0.3, -0.25) is 9.10 Å². The van der Waals surface area contributed by atoms with Crippen molar-refractivity contribution in [3.05, 3.63) is 88.9 Å². The van der Waals surface area contributed by atoms with Crippen LogP contribution >= 0.6 is 15.9 Å². The molecule has 0 unspecified atom stereocenters. The molecule has 3 rings (SSSR count). The number of anilines is 2. The summed E-state index contributed by atoms with van der Waals surface area (Å²) >= 11 is 3.28. The summed E-state index contributed by atoms with van der Waals surface area (Å²) in [6.45, 7) is -0.575. The van der Waals surface area contributed by atoms with E-state index in [2.05, 4.69) is 21.2 Å². The van der Waals surface area contributed by atoms with Crippen LogP contribution in [-0.4, -0.2) is 20.9 Å². The molecule has 0 saturated carbocycles. The number of alkyl halides is 3. The third-order valence-corrected chi connectivity index (χ3v) is 6.49. The second-order valence-electron chi connectivity index (χ2n) is 6.43. The molecule has 3 aromatic carbocycles. The van der Waals surface area contributed by atoms with E-state index in [4.69, 9.17) is 0 Å². The number of nitrogens with one attached hydrogen (secondary N) is 1. The van der Waals surface area contributed by atoms with E-state index >= 15 is 0 Å². The second-order valence-corrected chi connectivity index (χ2v) is 9.21. The number of benzene rings is 3. The molecule has 0 atom stereocenters. The van der Waals surface area contributed by atoms with Crippen molar-refractivity contribution in [3.8, 4) is 0 Å². The van der Waals surface area contributed by atoms with Gasteiger partial charge >= 0.3 is 6.18 Å². The highest BCUT2D eigenvalue weighted by Gasteiger charge is 2.30. The first-order valence-corrected chi connectivity index (χ1v) is 11.1. The van der Waals surface area contributed by atoms with E-state index in [0.29, 0.717) is 4.47 Å². The van der Waals surface area contributed by atoms with Gasteiger partial charge in [-0.15, -0.1) is 0 Å². The highest BCUT2D eigenvalue weighted by Crippen LogP contribution is 2.30. The second kappa shape index (κ2) is 9.11. The highest BCUT2D eigenvalue weighted by molar-refractivity contribution is 9.10. The van der Waals surface area contributed by atoms with Crippen LogP contribution in [0.4, 0.5) is 24.5 Å². The van der Waals surface area contributed by atoms with Gasteiger partial charge in [0.25, 0.3) is 10.0 Å². The van der Waals surface area contributed by atoms with E-state index < -0.39 is 34.2 Å². The molecule has 3 aromatic rings. The number of amides is 1. The Morgan fingerprint density at radius 3 is 2.16 bits per heavy atom. The molecule has 1 amide bonds. The summed E-state index contributed by atoms with van der Waals surface area (Å²) in [6, 6.07) is 17.9. The van der Waals surface area contributed by atoms with Gasteiger partial charge in [0, 0.05) is 10.2 Å². The Morgan fingerprint density at radius 2 is 1.58 bits per heavy atom. The number of hydrogen-bond acceptors (Lipinski definition) is 3. The van der Waals surface area contributed by atoms with Crippen LogP contribution in [0.2, 0.25) is 0 Å². The lowest BCUT2D eigenvalue weighted by Crippen LogP contribution is -2.38. The molecule has 0 aliphatic carbocycles. The summed E-state index contributed by atoms with van der Waals surface area (Å²) in [5.74, 6) is -0.709. The smallest absolute Gasteiger partial charge is 0.325 e. The Kier molecular flexibility index (Phi) is 6.71. The molecule has 0 aliphatic rings. The van der Waals surface area contributed by atoms with Crippen LogP contribution in [0.15, 0.2) is 88.2 Å². The molecule has 0 aliphatic heterocycles. The predicted molar refractivity (Wildman–Crippen MR) is 115 cm³/mol. The lowest BCUT2D eigenvalue weighted by molar-refractivity contribution is -0.137. The Bertz CT molecular complexity index is 1170. The summed E-state index contributed by atoms with van der Waals surface area (Å²) in [5, 5.41) is 2.43. The topological polar surface area (TPSA) is 66.5 Å². The zero-order valence-corrected chi connectivity index (χ0v) is 18.2. The monoisotopic (exact) mass is 512 g/mol.